The molecule has 1 heterocycles. The van der Waals surface area contributed by atoms with Crippen molar-refractivity contribution in [2.75, 3.05) is 13.1 Å². The number of hydrogen-bond acceptors (Lipinski definition) is 2. The van der Waals surface area contributed by atoms with E-state index in [1.165, 1.54) is 24.1 Å². The van der Waals surface area contributed by atoms with E-state index < -0.39 is 0 Å². The lowest BCUT2D eigenvalue weighted by Crippen LogP contribution is -2.22. The van der Waals surface area contributed by atoms with Crippen LogP contribution in [0.5, 0.6) is 0 Å². The average molecular weight is 209 g/mol. The summed E-state index contributed by atoms with van der Waals surface area (Å²) >= 11 is 0. The van der Waals surface area contributed by atoms with Crippen LogP contribution >= 0.6 is 0 Å². The molecule has 0 aliphatic rings. The van der Waals surface area contributed by atoms with Gasteiger partial charge in [0.25, 0.3) is 0 Å². The fraction of sp³-hybridized carbons (Fsp3) is 0.750. The first-order valence-electron chi connectivity index (χ1n) is 5.88. The van der Waals surface area contributed by atoms with Crippen molar-refractivity contribution in [2.24, 2.45) is 0 Å². The van der Waals surface area contributed by atoms with Crippen molar-refractivity contribution >= 4 is 0 Å². The normalized spacial score (nSPS) is 10.9. The first-order valence-corrected chi connectivity index (χ1v) is 5.88. The van der Waals surface area contributed by atoms with Crippen LogP contribution in [0, 0.1) is 20.8 Å². The Hall–Kier alpha value is -0.830. The number of nitrogens with one attached hydrogen (secondary N) is 1. The Labute approximate surface area is 92.9 Å². The summed E-state index contributed by atoms with van der Waals surface area (Å²) in [7, 11) is 0. The van der Waals surface area contributed by atoms with Crippen LogP contribution in [0.4, 0.5) is 0 Å². The van der Waals surface area contributed by atoms with Gasteiger partial charge in [-0.25, -0.2) is 0 Å². The number of hydrogen-bond donors (Lipinski definition) is 1. The second-order valence-electron chi connectivity index (χ2n) is 4.12. The van der Waals surface area contributed by atoms with E-state index in [1.54, 1.807) is 0 Å². The standard InChI is InChI=1S/C12H23N3/c1-5-6-7-13-8-9-15-12(4)10(2)11(3)14-15/h13H,5-9H2,1-4H3. The number of nitrogens with zero attached hydrogens (tertiary/aromatic N) is 2. The van der Waals surface area contributed by atoms with E-state index in [-0.39, 0.29) is 0 Å². The van der Waals surface area contributed by atoms with Gasteiger partial charge in [-0.05, 0) is 39.3 Å². The molecule has 3 nitrogen and oxygen atoms in total. The molecule has 1 aromatic rings. The predicted molar refractivity (Wildman–Crippen MR) is 64.2 cm³/mol. The molecule has 0 spiro atoms. The molecule has 0 saturated heterocycles. The first kappa shape index (κ1) is 12.2. The Morgan fingerprint density at radius 1 is 1.20 bits per heavy atom. The van der Waals surface area contributed by atoms with E-state index >= 15 is 0 Å². The van der Waals surface area contributed by atoms with E-state index in [9.17, 15) is 0 Å². The molecule has 0 saturated carbocycles. The maximum absolute atomic E-state index is 4.50. The van der Waals surface area contributed by atoms with Crippen molar-refractivity contribution in [3.63, 3.8) is 0 Å². The van der Waals surface area contributed by atoms with E-state index in [0.717, 1.165) is 25.3 Å². The molecule has 0 bridgehead atoms. The van der Waals surface area contributed by atoms with Crippen molar-refractivity contribution in [3.05, 3.63) is 17.0 Å². The predicted octanol–water partition coefficient (Wildman–Crippen LogP) is 2.20. The zero-order chi connectivity index (χ0) is 11.3. The molecule has 0 unspecified atom stereocenters. The maximum atomic E-state index is 4.50. The Bertz CT molecular complexity index is 302. The topological polar surface area (TPSA) is 29.9 Å². The quantitative estimate of drug-likeness (QED) is 0.728. The Kier molecular flexibility index (Phi) is 4.82. The van der Waals surface area contributed by atoms with Gasteiger partial charge in [-0.1, -0.05) is 13.3 Å². The molecule has 1 rings (SSSR count). The lowest BCUT2D eigenvalue weighted by molar-refractivity contribution is 0.534. The van der Waals surface area contributed by atoms with Gasteiger partial charge in [0.2, 0.25) is 0 Å². The molecule has 15 heavy (non-hydrogen) atoms. The molecule has 1 N–H and O–H groups in total. The van der Waals surface area contributed by atoms with E-state index in [4.69, 9.17) is 0 Å². The van der Waals surface area contributed by atoms with Crippen LogP contribution in [0.3, 0.4) is 0 Å². The maximum Gasteiger partial charge on any atom is 0.0625 e. The summed E-state index contributed by atoms with van der Waals surface area (Å²) in [4.78, 5) is 0. The Balaban J connectivity index is 2.34. The highest BCUT2D eigenvalue weighted by Crippen LogP contribution is 2.10. The zero-order valence-electron chi connectivity index (χ0n) is 10.4. The molecule has 0 fully saturated rings. The third-order valence-electron chi connectivity index (χ3n) is 2.95. The van der Waals surface area contributed by atoms with Crippen molar-refractivity contribution in [3.8, 4) is 0 Å². The van der Waals surface area contributed by atoms with Gasteiger partial charge in [-0.2, -0.15) is 5.10 Å². The van der Waals surface area contributed by atoms with Gasteiger partial charge in [0.05, 0.1) is 12.2 Å². The van der Waals surface area contributed by atoms with Gasteiger partial charge in [0.1, 0.15) is 0 Å². The molecule has 0 aliphatic heterocycles. The van der Waals surface area contributed by atoms with Crippen molar-refractivity contribution in [2.45, 2.75) is 47.1 Å². The molecule has 0 amide bonds. The van der Waals surface area contributed by atoms with Gasteiger partial charge in [0.15, 0.2) is 0 Å². The minimum absolute atomic E-state index is 0.976. The van der Waals surface area contributed by atoms with Gasteiger partial charge < -0.3 is 5.32 Å². The third kappa shape index (κ3) is 3.34. The molecular weight excluding hydrogens is 186 g/mol. The van der Waals surface area contributed by atoms with Gasteiger partial charge in [-0.15, -0.1) is 0 Å². The smallest absolute Gasteiger partial charge is 0.0625 e. The lowest BCUT2D eigenvalue weighted by Gasteiger charge is -2.06. The van der Waals surface area contributed by atoms with Crippen LogP contribution < -0.4 is 5.32 Å². The molecule has 0 radical (unpaired) electrons. The van der Waals surface area contributed by atoms with Crippen LogP contribution in [-0.4, -0.2) is 22.9 Å². The first-order chi connectivity index (χ1) is 7.16. The van der Waals surface area contributed by atoms with Crippen molar-refractivity contribution in [1.29, 1.82) is 0 Å². The van der Waals surface area contributed by atoms with Crippen LogP contribution in [0.1, 0.15) is 36.7 Å². The summed E-state index contributed by atoms with van der Waals surface area (Å²) in [5.74, 6) is 0. The molecular formula is C12H23N3. The van der Waals surface area contributed by atoms with Crippen LogP contribution in [0.25, 0.3) is 0 Å². The monoisotopic (exact) mass is 209 g/mol. The summed E-state index contributed by atoms with van der Waals surface area (Å²) < 4.78 is 2.10. The largest absolute Gasteiger partial charge is 0.315 e. The third-order valence-corrected chi connectivity index (χ3v) is 2.95. The number of rotatable bonds is 6. The molecule has 86 valence electrons. The molecule has 3 heteroatoms. The fourth-order valence-electron chi connectivity index (χ4n) is 1.62. The number of unbranched alkanes of at least 4 members (excludes halogenated alkanes) is 1. The Morgan fingerprint density at radius 2 is 1.93 bits per heavy atom. The summed E-state index contributed by atoms with van der Waals surface area (Å²) in [5.41, 5.74) is 3.77. The molecule has 1 aromatic heterocycles. The average Bonchev–Trinajstić information content (AvgIpc) is 2.46. The molecule has 0 aromatic carbocycles. The summed E-state index contributed by atoms with van der Waals surface area (Å²) in [6.07, 6.45) is 2.52. The van der Waals surface area contributed by atoms with Crippen LogP contribution in [0.2, 0.25) is 0 Å². The summed E-state index contributed by atoms with van der Waals surface area (Å²) in [5, 5.41) is 7.93. The van der Waals surface area contributed by atoms with Crippen LogP contribution in [0.15, 0.2) is 0 Å². The molecule has 0 aliphatic carbocycles. The molecule has 0 atom stereocenters. The zero-order valence-corrected chi connectivity index (χ0v) is 10.4. The van der Waals surface area contributed by atoms with Gasteiger partial charge >= 0.3 is 0 Å². The van der Waals surface area contributed by atoms with Gasteiger partial charge in [0, 0.05) is 12.2 Å². The number of aryl methyl sites for hydroxylation is 1. The summed E-state index contributed by atoms with van der Waals surface area (Å²) in [6.45, 7) is 11.7. The minimum atomic E-state index is 0.976. The van der Waals surface area contributed by atoms with E-state index in [0.29, 0.717) is 0 Å². The van der Waals surface area contributed by atoms with Crippen molar-refractivity contribution < 1.29 is 0 Å². The van der Waals surface area contributed by atoms with Crippen molar-refractivity contribution in [1.82, 2.24) is 15.1 Å². The SMILES string of the molecule is CCCCNCCn1nc(C)c(C)c1C. The van der Waals surface area contributed by atoms with E-state index in [1.807, 2.05) is 0 Å². The highest BCUT2D eigenvalue weighted by molar-refractivity contribution is 5.21. The van der Waals surface area contributed by atoms with Crippen LogP contribution in [-0.2, 0) is 6.54 Å². The minimum Gasteiger partial charge on any atom is -0.315 e. The second-order valence-corrected chi connectivity index (χ2v) is 4.12. The Morgan fingerprint density at radius 3 is 2.47 bits per heavy atom. The lowest BCUT2D eigenvalue weighted by atomic mass is 10.2. The second kappa shape index (κ2) is 5.91. The highest BCUT2D eigenvalue weighted by Gasteiger charge is 2.05. The van der Waals surface area contributed by atoms with Gasteiger partial charge in [-0.3, -0.25) is 4.68 Å². The number of aromatic nitrogens is 2. The highest BCUT2D eigenvalue weighted by atomic mass is 15.3. The van der Waals surface area contributed by atoms with E-state index in [2.05, 4.69) is 42.8 Å². The fourth-order valence-corrected chi connectivity index (χ4v) is 1.62. The summed E-state index contributed by atoms with van der Waals surface area (Å²) in [6, 6.07) is 0.